The Bertz CT molecular complexity index is 379. The summed E-state index contributed by atoms with van der Waals surface area (Å²) >= 11 is 2.81. The van der Waals surface area contributed by atoms with E-state index in [1.54, 1.807) is 13.2 Å². The molecule has 0 radical (unpaired) electrons. The maximum Gasteiger partial charge on any atom is 0.291 e. The summed E-state index contributed by atoms with van der Waals surface area (Å²) in [5, 5.41) is 2.64. The molecule has 1 N–H and O–H groups in total. The van der Waals surface area contributed by atoms with Gasteiger partial charge in [0.2, 0.25) is 0 Å². The number of hydrogen-bond acceptors (Lipinski definition) is 3. The quantitative estimate of drug-likeness (QED) is 0.681. The summed E-state index contributed by atoms with van der Waals surface area (Å²) in [5.74, 6) is 1.26. The van der Waals surface area contributed by atoms with Crippen LogP contribution in [0.25, 0.3) is 0 Å². The highest BCUT2D eigenvalue weighted by molar-refractivity contribution is 9.18. The number of carbonyl (C=O) groups excluding carboxylic acids is 1. The summed E-state index contributed by atoms with van der Waals surface area (Å²) in [6.07, 6.45) is 0. The van der Waals surface area contributed by atoms with Gasteiger partial charge < -0.3 is 14.8 Å². The number of amides is 1. The molecule has 0 unspecified atom stereocenters. The average molecular weight is 274 g/mol. The van der Waals surface area contributed by atoms with E-state index >= 15 is 0 Å². The molecule has 0 aliphatic heterocycles. The van der Waals surface area contributed by atoms with Crippen molar-refractivity contribution in [2.45, 2.75) is 6.92 Å². The zero-order chi connectivity index (χ0) is 11.4. The summed E-state index contributed by atoms with van der Waals surface area (Å²) in [6.45, 7) is 1.86. The lowest BCUT2D eigenvalue weighted by Gasteiger charge is -2.13. The highest BCUT2D eigenvalue weighted by Gasteiger charge is 2.10. The minimum Gasteiger partial charge on any atom is -0.497 e. The molecule has 4 nitrogen and oxygen atoms in total. The molecule has 1 aromatic carbocycles. The van der Waals surface area contributed by atoms with Crippen molar-refractivity contribution in [3.05, 3.63) is 17.7 Å². The molecule has 0 aromatic heterocycles. The first-order valence-corrected chi connectivity index (χ1v) is 5.07. The number of carbonyl (C=O) groups is 1. The van der Waals surface area contributed by atoms with Crippen LogP contribution < -0.4 is 14.8 Å². The van der Waals surface area contributed by atoms with Crippen LogP contribution >= 0.6 is 15.9 Å². The molecule has 0 spiro atoms. The van der Waals surface area contributed by atoms with E-state index in [4.69, 9.17) is 9.47 Å². The first-order valence-electron chi connectivity index (χ1n) is 4.27. The minimum atomic E-state index is -0.311. The molecule has 0 atom stereocenters. The van der Waals surface area contributed by atoms with Crippen molar-refractivity contribution in [1.82, 2.24) is 0 Å². The van der Waals surface area contributed by atoms with Gasteiger partial charge in [-0.1, -0.05) is 0 Å². The normalized spacial score (nSPS) is 9.60. The Morgan fingerprint density at radius 1 is 1.33 bits per heavy atom. The van der Waals surface area contributed by atoms with Crippen molar-refractivity contribution in [2.24, 2.45) is 0 Å². The Labute approximate surface area is 96.7 Å². The summed E-state index contributed by atoms with van der Waals surface area (Å²) in [6, 6.07) is 3.53. The molecule has 0 heterocycles. The predicted octanol–water partition coefficient (Wildman–Crippen LogP) is 2.94. The van der Waals surface area contributed by atoms with Gasteiger partial charge in [-0.25, -0.2) is 0 Å². The lowest BCUT2D eigenvalue weighted by Crippen LogP contribution is -2.04. The molecule has 0 saturated heterocycles. The molecule has 0 saturated carbocycles. The fraction of sp³-hybridized carbons (Fsp3) is 0.300. The summed E-state index contributed by atoms with van der Waals surface area (Å²) in [4.78, 5) is 10.6. The van der Waals surface area contributed by atoms with Gasteiger partial charge in [0.15, 0.2) is 0 Å². The summed E-state index contributed by atoms with van der Waals surface area (Å²) < 4.78 is 10.2. The number of anilines is 1. The molecule has 1 aromatic rings. The molecule has 5 heteroatoms. The van der Waals surface area contributed by atoms with E-state index < -0.39 is 0 Å². The van der Waals surface area contributed by atoms with E-state index in [0.29, 0.717) is 17.2 Å². The van der Waals surface area contributed by atoms with Crippen molar-refractivity contribution in [2.75, 3.05) is 19.5 Å². The molecule has 0 bridgehead atoms. The standard InChI is InChI=1S/C10H12BrNO3/c1-6-4-7(14-2)5-8(15-3)9(6)12-10(11)13/h4-5H,1-3H3,(H,12,13). The largest absolute Gasteiger partial charge is 0.497 e. The molecule has 0 aliphatic rings. The van der Waals surface area contributed by atoms with Gasteiger partial charge in [-0.15, -0.1) is 0 Å². The number of halogens is 1. The van der Waals surface area contributed by atoms with Gasteiger partial charge in [0.1, 0.15) is 11.5 Å². The van der Waals surface area contributed by atoms with Crippen LogP contribution in [0.1, 0.15) is 5.56 Å². The van der Waals surface area contributed by atoms with Crippen LogP contribution in [0, 0.1) is 6.92 Å². The number of rotatable bonds is 3. The third kappa shape index (κ3) is 2.86. The van der Waals surface area contributed by atoms with Crippen LogP contribution in [0.5, 0.6) is 11.5 Å². The van der Waals surface area contributed by atoms with Gasteiger partial charge in [0, 0.05) is 22.0 Å². The van der Waals surface area contributed by atoms with E-state index in [-0.39, 0.29) is 4.82 Å². The predicted molar refractivity (Wildman–Crippen MR) is 62.2 cm³/mol. The number of hydrogen-bond donors (Lipinski definition) is 1. The van der Waals surface area contributed by atoms with Gasteiger partial charge in [-0.05, 0) is 18.6 Å². The van der Waals surface area contributed by atoms with E-state index in [1.807, 2.05) is 13.0 Å². The molecule has 0 aliphatic carbocycles. The fourth-order valence-corrected chi connectivity index (χ4v) is 1.46. The lowest BCUT2D eigenvalue weighted by molar-refractivity contribution is 0.270. The lowest BCUT2D eigenvalue weighted by atomic mass is 10.1. The first-order chi connectivity index (χ1) is 7.08. The van der Waals surface area contributed by atoms with Gasteiger partial charge >= 0.3 is 0 Å². The fourth-order valence-electron chi connectivity index (χ4n) is 1.26. The van der Waals surface area contributed by atoms with Gasteiger partial charge in [-0.2, -0.15) is 0 Å². The number of aryl methyl sites for hydroxylation is 1. The second-order valence-corrected chi connectivity index (χ2v) is 3.64. The second kappa shape index (κ2) is 5.02. The maximum atomic E-state index is 10.9. The molecule has 0 fully saturated rings. The Morgan fingerprint density at radius 3 is 2.47 bits per heavy atom. The third-order valence-corrected chi connectivity index (χ3v) is 2.15. The smallest absolute Gasteiger partial charge is 0.291 e. The number of methoxy groups -OCH3 is 2. The van der Waals surface area contributed by atoms with Gasteiger partial charge in [0.25, 0.3) is 4.82 Å². The zero-order valence-corrected chi connectivity index (χ0v) is 10.3. The molecular formula is C10H12BrNO3. The molecule has 15 heavy (non-hydrogen) atoms. The highest BCUT2D eigenvalue weighted by atomic mass is 79.9. The minimum absolute atomic E-state index is 0.311. The monoisotopic (exact) mass is 273 g/mol. The Balaban J connectivity index is 3.18. The number of ether oxygens (including phenoxy) is 2. The first kappa shape index (κ1) is 11.8. The summed E-state index contributed by atoms with van der Waals surface area (Å²) in [7, 11) is 3.12. The van der Waals surface area contributed by atoms with E-state index in [1.165, 1.54) is 7.11 Å². The van der Waals surface area contributed by atoms with Crippen LogP contribution in [-0.4, -0.2) is 19.0 Å². The Hall–Kier alpha value is -1.23. The number of nitrogens with one attached hydrogen (secondary N) is 1. The highest BCUT2D eigenvalue weighted by Crippen LogP contribution is 2.33. The van der Waals surface area contributed by atoms with E-state index in [0.717, 1.165) is 5.56 Å². The van der Waals surface area contributed by atoms with Crippen LogP contribution in [-0.2, 0) is 0 Å². The molecule has 82 valence electrons. The SMILES string of the molecule is COc1cc(C)c(NC(=O)Br)c(OC)c1. The van der Waals surface area contributed by atoms with Gasteiger partial charge in [-0.3, -0.25) is 4.79 Å². The van der Waals surface area contributed by atoms with Crippen molar-refractivity contribution in [3.63, 3.8) is 0 Å². The average Bonchev–Trinajstić information content (AvgIpc) is 2.20. The van der Waals surface area contributed by atoms with Crippen LogP contribution in [0.4, 0.5) is 10.5 Å². The topological polar surface area (TPSA) is 47.6 Å². The maximum absolute atomic E-state index is 10.9. The third-order valence-electron chi connectivity index (χ3n) is 1.95. The zero-order valence-electron chi connectivity index (χ0n) is 8.76. The van der Waals surface area contributed by atoms with Crippen LogP contribution in [0.15, 0.2) is 12.1 Å². The van der Waals surface area contributed by atoms with Gasteiger partial charge in [0.05, 0.1) is 19.9 Å². The number of benzene rings is 1. The molecule has 1 amide bonds. The second-order valence-electron chi connectivity index (χ2n) is 2.92. The molecular weight excluding hydrogens is 262 g/mol. The van der Waals surface area contributed by atoms with Crippen LogP contribution in [0.2, 0.25) is 0 Å². The van der Waals surface area contributed by atoms with Crippen molar-refractivity contribution < 1.29 is 14.3 Å². The van der Waals surface area contributed by atoms with E-state index in [2.05, 4.69) is 21.2 Å². The molecule has 1 rings (SSSR count). The van der Waals surface area contributed by atoms with Crippen LogP contribution in [0.3, 0.4) is 0 Å². The van der Waals surface area contributed by atoms with Crippen molar-refractivity contribution in [3.8, 4) is 11.5 Å². The summed E-state index contributed by atoms with van der Waals surface area (Å²) in [5.41, 5.74) is 1.51. The Kier molecular flexibility index (Phi) is 3.96. The van der Waals surface area contributed by atoms with Crippen molar-refractivity contribution in [1.29, 1.82) is 0 Å². The van der Waals surface area contributed by atoms with Crippen molar-refractivity contribution >= 4 is 26.4 Å². The van der Waals surface area contributed by atoms with E-state index in [9.17, 15) is 4.79 Å². The Morgan fingerprint density at radius 2 is 2.00 bits per heavy atom.